The van der Waals surface area contributed by atoms with Crippen molar-refractivity contribution in [2.24, 2.45) is 0 Å². The molecule has 2 aromatic rings. The maximum absolute atomic E-state index is 13.5. The highest BCUT2D eigenvalue weighted by Gasteiger charge is 2.16. The highest BCUT2D eigenvalue weighted by molar-refractivity contribution is 7.10. The van der Waals surface area contributed by atoms with Crippen LogP contribution in [-0.2, 0) is 9.53 Å². The van der Waals surface area contributed by atoms with Crippen LogP contribution in [0.3, 0.4) is 0 Å². The Hall–Kier alpha value is -1.92. The van der Waals surface area contributed by atoms with E-state index in [0.29, 0.717) is 0 Å². The van der Waals surface area contributed by atoms with Crippen molar-refractivity contribution in [1.82, 2.24) is 5.32 Å². The minimum absolute atomic E-state index is 0.177. The molecule has 1 aromatic heterocycles. The molecule has 0 radical (unpaired) electrons. The molecule has 1 aromatic carbocycles. The molecular formula is C15H13ClFNO3S. The summed E-state index contributed by atoms with van der Waals surface area (Å²) in [6, 6.07) is 7.19. The van der Waals surface area contributed by atoms with Gasteiger partial charge in [-0.1, -0.05) is 17.7 Å². The molecule has 7 heteroatoms. The van der Waals surface area contributed by atoms with E-state index in [1.807, 2.05) is 24.4 Å². The number of ether oxygens (including phenoxy) is 1. The van der Waals surface area contributed by atoms with Crippen molar-refractivity contribution in [3.05, 3.63) is 57.0 Å². The maximum Gasteiger partial charge on any atom is 0.341 e. The van der Waals surface area contributed by atoms with Gasteiger partial charge in [0.15, 0.2) is 6.61 Å². The Bertz CT molecular complexity index is 675. The molecule has 2 rings (SSSR count). The summed E-state index contributed by atoms with van der Waals surface area (Å²) in [5.74, 6) is -2.15. The first-order valence-electron chi connectivity index (χ1n) is 6.42. The summed E-state index contributed by atoms with van der Waals surface area (Å²) in [5, 5.41) is 4.77. The number of amides is 1. The molecule has 22 heavy (non-hydrogen) atoms. The van der Waals surface area contributed by atoms with Gasteiger partial charge in [-0.15, -0.1) is 11.3 Å². The zero-order valence-corrected chi connectivity index (χ0v) is 13.2. The fourth-order valence-electron chi connectivity index (χ4n) is 1.76. The van der Waals surface area contributed by atoms with E-state index < -0.39 is 24.3 Å². The molecule has 1 amide bonds. The third-order valence-electron chi connectivity index (χ3n) is 2.83. The molecule has 0 bridgehead atoms. The zero-order chi connectivity index (χ0) is 16.1. The van der Waals surface area contributed by atoms with Crippen LogP contribution in [0.15, 0.2) is 35.7 Å². The number of hydrogen-bond donors (Lipinski definition) is 1. The number of rotatable bonds is 5. The van der Waals surface area contributed by atoms with Gasteiger partial charge in [-0.05, 0) is 36.6 Å². The lowest BCUT2D eigenvalue weighted by molar-refractivity contribution is -0.124. The summed E-state index contributed by atoms with van der Waals surface area (Å²) in [7, 11) is 0. The van der Waals surface area contributed by atoms with Gasteiger partial charge in [-0.25, -0.2) is 9.18 Å². The molecule has 0 aliphatic rings. The first-order valence-corrected chi connectivity index (χ1v) is 7.68. The van der Waals surface area contributed by atoms with E-state index in [1.54, 1.807) is 0 Å². The normalized spacial score (nSPS) is 11.8. The Labute approximate surface area is 135 Å². The van der Waals surface area contributed by atoms with Crippen LogP contribution >= 0.6 is 22.9 Å². The predicted octanol–water partition coefficient (Wildman–Crippen LogP) is 3.57. The molecule has 4 nitrogen and oxygen atoms in total. The Morgan fingerprint density at radius 2 is 2.18 bits per heavy atom. The molecule has 0 spiro atoms. The lowest BCUT2D eigenvalue weighted by Gasteiger charge is -2.12. The van der Waals surface area contributed by atoms with E-state index in [1.165, 1.54) is 23.5 Å². The Kier molecular flexibility index (Phi) is 5.51. The molecule has 0 fully saturated rings. The van der Waals surface area contributed by atoms with Crippen LogP contribution in [0.5, 0.6) is 0 Å². The molecule has 1 N–H and O–H groups in total. The predicted molar refractivity (Wildman–Crippen MR) is 82.6 cm³/mol. The van der Waals surface area contributed by atoms with Crippen molar-refractivity contribution in [2.45, 2.75) is 13.0 Å². The minimum Gasteiger partial charge on any atom is -0.452 e. The number of thiophene rings is 1. The Morgan fingerprint density at radius 1 is 1.41 bits per heavy atom. The van der Waals surface area contributed by atoms with E-state index in [2.05, 4.69) is 5.32 Å². The summed E-state index contributed by atoms with van der Waals surface area (Å²) in [6.07, 6.45) is 0. The van der Waals surface area contributed by atoms with Crippen molar-refractivity contribution in [1.29, 1.82) is 0 Å². The Balaban J connectivity index is 1.86. The van der Waals surface area contributed by atoms with Gasteiger partial charge in [0.1, 0.15) is 5.82 Å². The highest BCUT2D eigenvalue weighted by Crippen LogP contribution is 2.18. The highest BCUT2D eigenvalue weighted by atomic mass is 35.5. The van der Waals surface area contributed by atoms with Crippen LogP contribution in [0.4, 0.5) is 4.39 Å². The standard InChI is InChI=1S/C15H13ClFNO3S/c1-9(13-3-2-6-22-13)18-14(19)8-21-15(20)11-5-4-10(16)7-12(11)17/h2-7,9H,8H2,1H3,(H,18,19)/t9-/m0/s1. The van der Waals surface area contributed by atoms with E-state index in [-0.39, 0.29) is 16.6 Å². The van der Waals surface area contributed by atoms with Crippen molar-refractivity contribution in [3.63, 3.8) is 0 Å². The number of halogens is 2. The van der Waals surface area contributed by atoms with Crippen LogP contribution < -0.4 is 5.32 Å². The first-order chi connectivity index (χ1) is 10.5. The molecule has 1 atom stereocenters. The molecule has 0 aliphatic carbocycles. The SMILES string of the molecule is C[C@H](NC(=O)COC(=O)c1ccc(Cl)cc1F)c1cccs1. The first kappa shape index (κ1) is 16.5. The number of esters is 1. The molecule has 0 aliphatic heterocycles. The zero-order valence-electron chi connectivity index (χ0n) is 11.6. The number of carbonyl (C=O) groups excluding carboxylic acids is 2. The fourth-order valence-corrected chi connectivity index (χ4v) is 2.65. The second-order valence-electron chi connectivity index (χ2n) is 4.50. The van der Waals surface area contributed by atoms with E-state index >= 15 is 0 Å². The topological polar surface area (TPSA) is 55.4 Å². The molecular weight excluding hydrogens is 329 g/mol. The van der Waals surface area contributed by atoms with Crippen LogP contribution in [0.25, 0.3) is 0 Å². The smallest absolute Gasteiger partial charge is 0.341 e. The summed E-state index contributed by atoms with van der Waals surface area (Å²) in [6.45, 7) is 1.35. The largest absolute Gasteiger partial charge is 0.452 e. The lowest BCUT2D eigenvalue weighted by atomic mass is 10.2. The van der Waals surface area contributed by atoms with Crippen LogP contribution in [0.2, 0.25) is 5.02 Å². The van der Waals surface area contributed by atoms with Crippen LogP contribution in [0, 0.1) is 5.82 Å². The summed E-state index contributed by atoms with van der Waals surface area (Å²) < 4.78 is 18.3. The van der Waals surface area contributed by atoms with Gasteiger partial charge in [-0.3, -0.25) is 4.79 Å². The van der Waals surface area contributed by atoms with Crippen molar-refractivity contribution >= 4 is 34.8 Å². The van der Waals surface area contributed by atoms with Crippen molar-refractivity contribution in [3.8, 4) is 0 Å². The molecule has 1 heterocycles. The van der Waals surface area contributed by atoms with Crippen molar-refractivity contribution < 1.29 is 18.7 Å². The van der Waals surface area contributed by atoms with Gasteiger partial charge in [0.25, 0.3) is 5.91 Å². The fraction of sp³-hybridized carbons (Fsp3) is 0.200. The van der Waals surface area contributed by atoms with Crippen LogP contribution in [-0.4, -0.2) is 18.5 Å². The van der Waals surface area contributed by atoms with Gasteiger partial charge in [-0.2, -0.15) is 0 Å². The summed E-state index contributed by atoms with van der Waals surface area (Å²) in [4.78, 5) is 24.4. The molecule has 0 unspecified atom stereocenters. The van der Waals surface area contributed by atoms with Gasteiger partial charge in [0.05, 0.1) is 11.6 Å². The molecule has 0 saturated carbocycles. The third-order valence-corrected chi connectivity index (χ3v) is 4.12. The molecule has 116 valence electrons. The molecule has 0 saturated heterocycles. The van der Waals surface area contributed by atoms with E-state index in [4.69, 9.17) is 16.3 Å². The van der Waals surface area contributed by atoms with Gasteiger partial charge >= 0.3 is 5.97 Å². The third kappa shape index (κ3) is 4.29. The van der Waals surface area contributed by atoms with Gasteiger partial charge in [0.2, 0.25) is 0 Å². The second kappa shape index (κ2) is 7.38. The second-order valence-corrected chi connectivity index (χ2v) is 5.92. The quantitative estimate of drug-likeness (QED) is 0.846. The number of benzene rings is 1. The number of nitrogens with one attached hydrogen (secondary N) is 1. The number of carbonyl (C=O) groups is 2. The van der Waals surface area contributed by atoms with E-state index in [0.717, 1.165) is 10.9 Å². The Morgan fingerprint density at radius 3 is 2.82 bits per heavy atom. The maximum atomic E-state index is 13.5. The van der Waals surface area contributed by atoms with Gasteiger partial charge in [0, 0.05) is 9.90 Å². The lowest BCUT2D eigenvalue weighted by Crippen LogP contribution is -2.30. The number of hydrogen-bond acceptors (Lipinski definition) is 4. The average molecular weight is 342 g/mol. The minimum atomic E-state index is -0.909. The van der Waals surface area contributed by atoms with Gasteiger partial charge < -0.3 is 10.1 Å². The van der Waals surface area contributed by atoms with Crippen LogP contribution in [0.1, 0.15) is 28.2 Å². The summed E-state index contributed by atoms with van der Waals surface area (Å²) in [5.41, 5.74) is -0.261. The average Bonchev–Trinajstić information content (AvgIpc) is 2.99. The van der Waals surface area contributed by atoms with E-state index in [9.17, 15) is 14.0 Å². The summed E-state index contributed by atoms with van der Waals surface area (Å²) >= 11 is 7.11. The van der Waals surface area contributed by atoms with Crippen molar-refractivity contribution in [2.75, 3.05) is 6.61 Å². The monoisotopic (exact) mass is 341 g/mol.